The monoisotopic (exact) mass is 224 g/mol. The van der Waals surface area contributed by atoms with Crippen LogP contribution in [0.4, 0.5) is 0 Å². The van der Waals surface area contributed by atoms with E-state index in [1.807, 2.05) is 53.7 Å². The summed E-state index contributed by atoms with van der Waals surface area (Å²) in [4.78, 5) is 0. The molecular weight excluding hydrogens is 192 g/mol. The summed E-state index contributed by atoms with van der Waals surface area (Å²) in [6.45, 7) is 25.6. The molecule has 0 N–H and O–H groups in total. The Hall–Kier alpha value is -1.30. The topological polar surface area (TPSA) is 0 Å². The maximum atomic E-state index is 3.46. The van der Waals surface area contributed by atoms with Gasteiger partial charge in [-0.25, -0.2) is 0 Å². The molecule has 0 amide bonds. The molecule has 0 unspecified atom stereocenters. The van der Waals surface area contributed by atoms with Crippen LogP contribution in [0.15, 0.2) is 62.8 Å². The maximum Gasteiger partial charge on any atom is -0.0629 e. The van der Waals surface area contributed by atoms with Gasteiger partial charge in [0.05, 0.1) is 0 Å². The highest BCUT2D eigenvalue weighted by molar-refractivity contribution is 5.05. The molecule has 0 fully saturated rings. The zero-order valence-corrected chi connectivity index (χ0v) is 12.3. The maximum absolute atomic E-state index is 3.46. The summed E-state index contributed by atoms with van der Waals surface area (Å²) in [5.74, 6) is 0. The summed E-state index contributed by atoms with van der Waals surface area (Å²) in [6, 6.07) is 0. The predicted octanol–water partition coefficient (Wildman–Crippen LogP) is 6.35. The Morgan fingerprint density at radius 1 is 0.438 bits per heavy atom. The molecule has 0 bridgehead atoms. The van der Waals surface area contributed by atoms with E-state index in [-0.39, 0.29) is 0 Å². The van der Waals surface area contributed by atoms with Gasteiger partial charge in [-0.3, -0.25) is 0 Å². The molecule has 0 nitrogen and oxygen atoms in total. The second kappa shape index (κ2) is 100. The molecule has 0 aromatic carbocycles. The van der Waals surface area contributed by atoms with Gasteiger partial charge in [0, 0.05) is 0 Å². The average Bonchev–Trinajstić information content (AvgIpc) is 2.43. The second-order valence-corrected chi connectivity index (χ2v) is 1.33. The van der Waals surface area contributed by atoms with Gasteiger partial charge in [0.25, 0.3) is 0 Å². The van der Waals surface area contributed by atoms with E-state index in [2.05, 4.69) is 26.3 Å². The van der Waals surface area contributed by atoms with Gasteiger partial charge in [-0.2, -0.15) is 0 Å². The van der Waals surface area contributed by atoms with Crippen LogP contribution in [0.1, 0.15) is 41.5 Å². The smallest absolute Gasteiger partial charge is 0.0629 e. The van der Waals surface area contributed by atoms with E-state index >= 15 is 0 Å². The minimum absolute atomic E-state index is 1.64. The van der Waals surface area contributed by atoms with Crippen molar-refractivity contribution in [2.24, 2.45) is 0 Å². The number of allylic oxidation sites excluding steroid dienone is 6. The van der Waals surface area contributed by atoms with Gasteiger partial charge in [0.2, 0.25) is 0 Å². The van der Waals surface area contributed by atoms with E-state index in [1.165, 1.54) is 0 Å². The van der Waals surface area contributed by atoms with Gasteiger partial charge in [-0.05, 0) is 0 Å². The lowest BCUT2D eigenvalue weighted by Crippen LogP contribution is -1.38. The highest BCUT2D eigenvalue weighted by Crippen LogP contribution is 1.69. The molecule has 0 saturated heterocycles. The van der Waals surface area contributed by atoms with E-state index in [0.717, 1.165) is 0 Å². The Bertz CT molecular complexity index is 111. The van der Waals surface area contributed by atoms with Crippen molar-refractivity contribution in [3.63, 3.8) is 0 Å². The van der Waals surface area contributed by atoms with Crippen molar-refractivity contribution in [1.29, 1.82) is 0 Å². The third-order valence-electron chi connectivity index (χ3n) is 0.550. The molecule has 0 saturated carbocycles. The van der Waals surface area contributed by atoms with Crippen LogP contribution >= 0.6 is 0 Å². The Balaban J connectivity index is -0.0000000354. The molecule has 0 aromatic heterocycles. The summed E-state index contributed by atoms with van der Waals surface area (Å²) in [7, 11) is 0. The van der Waals surface area contributed by atoms with Crippen molar-refractivity contribution >= 4 is 0 Å². The van der Waals surface area contributed by atoms with Crippen molar-refractivity contribution in [2.75, 3.05) is 0 Å². The largest absolute Gasteiger partial charge is 0.0991 e. The fourth-order valence-corrected chi connectivity index (χ4v) is 0.157. The summed E-state index contributed by atoms with van der Waals surface area (Å²) >= 11 is 0. The molecular formula is C16H32. The minimum atomic E-state index is 1.64. The summed E-state index contributed by atoms with van der Waals surface area (Å²) in [5.41, 5.74) is 0. The van der Waals surface area contributed by atoms with Crippen LogP contribution in [-0.4, -0.2) is 0 Å². The minimum Gasteiger partial charge on any atom is -0.0991 e. The highest BCUT2D eigenvalue weighted by atomic mass is 13.5. The molecule has 16 heavy (non-hydrogen) atoms. The number of hydrogen-bond donors (Lipinski definition) is 0. The first-order valence-electron chi connectivity index (χ1n) is 5.97. The Morgan fingerprint density at radius 3 is 0.688 bits per heavy atom. The molecule has 0 aromatic rings. The van der Waals surface area contributed by atoms with Crippen LogP contribution in [0.2, 0.25) is 0 Å². The predicted molar refractivity (Wildman–Crippen MR) is 84.0 cm³/mol. The lowest BCUT2D eigenvalue weighted by atomic mass is 10.5. The fourth-order valence-electron chi connectivity index (χ4n) is 0.157. The van der Waals surface area contributed by atoms with Crippen LogP contribution < -0.4 is 0 Å². The van der Waals surface area contributed by atoms with E-state index in [9.17, 15) is 0 Å². The molecule has 0 rings (SSSR count). The third-order valence-corrected chi connectivity index (χ3v) is 0.550. The molecule has 0 spiro atoms. The van der Waals surface area contributed by atoms with Gasteiger partial charge < -0.3 is 0 Å². The lowest BCUT2D eigenvalue weighted by Gasteiger charge is -1.60. The molecule has 0 atom stereocenters. The van der Waals surface area contributed by atoms with E-state index in [0.29, 0.717) is 0 Å². The van der Waals surface area contributed by atoms with Crippen LogP contribution in [-0.2, 0) is 0 Å². The quantitative estimate of drug-likeness (QED) is 0.490. The van der Waals surface area contributed by atoms with Crippen LogP contribution in [0.3, 0.4) is 0 Å². The van der Waals surface area contributed by atoms with E-state index in [4.69, 9.17) is 0 Å². The molecule has 0 aliphatic rings. The zero-order chi connectivity index (χ0) is 14.2. The van der Waals surface area contributed by atoms with Gasteiger partial charge in [0.1, 0.15) is 0 Å². The van der Waals surface area contributed by atoms with Crippen molar-refractivity contribution in [2.45, 2.75) is 41.5 Å². The molecule has 0 aliphatic heterocycles. The normalized spacial score (nSPS) is 5.62. The third kappa shape index (κ3) is 238. The van der Waals surface area contributed by atoms with Gasteiger partial charge in [0.15, 0.2) is 0 Å². The van der Waals surface area contributed by atoms with Gasteiger partial charge in [-0.15, -0.1) is 0 Å². The molecule has 0 heteroatoms. The molecule has 96 valence electrons. The first-order valence-corrected chi connectivity index (χ1v) is 5.97. The van der Waals surface area contributed by atoms with E-state index < -0.39 is 0 Å². The highest BCUT2D eigenvalue weighted by Gasteiger charge is 1.47. The van der Waals surface area contributed by atoms with Crippen molar-refractivity contribution < 1.29 is 0 Å². The van der Waals surface area contributed by atoms with Gasteiger partial charge >= 0.3 is 0 Å². The average molecular weight is 224 g/mol. The Kier molecular flexibility index (Phi) is 183. The zero-order valence-electron chi connectivity index (χ0n) is 12.3. The van der Waals surface area contributed by atoms with Crippen molar-refractivity contribution in [1.82, 2.24) is 0 Å². The number of rotatable bonds is 3. The Labute approximate surface area is 105 Å². The molecule has 0 heterocycles. The van der Waals surface area contributed by atoms with Crippen LogP contribution in [0.5, 0.6) is 0 Å². The summed E-state index contributed by atoms with van der Waals surface area (Å²) in [6.07, 6.45) is 10.4. The van der Waals surface area contributed by atoms with Crippen LogP contribution in [0, 0.1) is 0 Å². The number of hydrogen-bond acceptors (Lipinski definition) is 0. The van der Waals surface area contributed by atoms with Crippen molar-refractivity contribution in [3.8, 4) is 0 Å². The first kappa shape index (κ1) is 29.3. The SMILES string of the molecule is C=C/C=C\C=C.C=CC=C.CC.CC.CC. The molecule has 0 aliphatic carbocycles. The lowest BCUT2D eigenvalue weighted by molar-refractivity contribution is 1.50. The first-order chi connectivity index (χ1) is 7.83. The summed E-state index contributed by atoms with van der Waals surface area (Å²) in [5, 5.41) is 0. The standard InChI is InChI=1S/C6H8.C4H6.3C2H6/c1-3-5-6-4-2;1-3-4-2;3*1-2/h3-6H,1-2H2;3-4H,1-2H2;3*1-2H3/b6-5-;;;;. The second-order valence-electron chi connectivity index (χ2n) is 1.33. The van der Waals surface area contributed by atoms with Crippen LogP contribution in [0.25, 0.3) is 0 Å². The van der Waals surface area contributed by atoms with Crippen molar-refractivity contribution in [3.05, 3.63) is 62.8 Å². The summed E-state index contributed by atoms with van der Waals surface area (Å²) < 4.78 is 0. The molecule has 0 radical (unpaired) electrons. The van der Waals surface area contributed by atoms with Gasteiger partial charge in [-0.1, -0.05) is 104 Å². The Morgan fingerprint density at radius 2 is 0.625 bits per heavy atom. The fraction of sp³-hybridized carbons (Fsp3) is 0.375. The van der Waals surface area contributed by atoms with E-state index in [1.54, 1.807) is 24.3 Å².